The summed E-state index contributed by atoms with van der Waals surface area (Å²) in [5.74, 6) is 0.627. The van der Waals surface area contributed by atoms with E-state index in [0.29, 0.717) is 36.6 Å². The molecule has 3 aromatic rings. The Labute approximate surface area is 193 Å². The number of amides is 1. The molecule has 2 aromatic heterocycles. The van der Waals surface area contributed by atoms with Gasteiger partial charge in [0, 0.05) is 25.4 Å². The first-order chi connectivity index (χ1) is 15.5. The number of rotatable bonds is 12. The molecule has 1 amide bonds. The lowest BCUT2D eigenvalue weighted by atomic mass is 9.96. The van der Waals surface area contributed by atoms with Crippen LogP contribution in [0.3, 0.4) is 0 Å². The second-order valence-electron chi connectivity index (χ2n) is 7.71. The maximum atomic E-state index is 12.8. The second-order valence-corrected chi connectivity index (χ2v) is 9.25. The van der Waals surface area contributed by atoms with Crippen LogP contribution in [0.15, 0.2) is 41.7 Å². The van der Waals surface area contributed by atoms with E-state index in [1.165, 1.54) is 0 Å². The highest BCUT2D eigenvalue weighted by Gasteiger charge is 2.18. The molecular formula is C23H32N6O2S. The number of fused-ring (bicyclic) bond motifs is 1. The molecule has 0 radical (unpaired) electrons. The Kier molecular flexibility index (Phi) is 8.87. The van der Waals surface area contributed by atoms with E-state index >= 15 is 0 Å². The van der Waals surface area contributed by atoms with Crippen molar-refractivity contribution < 1.29 is 9.53 Å². The van der Waals surface area contributed by atoms with E-state index < -0.39 is 0 Å². The Bertz CT molecular complexity index is 1010. The van der Waals surface area contributed by atoms with E-state index in [-0.39, 0.29) is 11.8 Å². The van der Waals surface area contributed by atoms with Crippen molar-refractivity contribution in [2.45, 2.75) is 50.1 Å². The number of ether oxygens (including phenoxy) is 1. The van der Waals surface area contributed by atoms with Gasteiger partial charge in [0.15, 0.2) is 10.8 Å². The molecule has 0 saturated carbocycles. The fraction of sp³-hybridized carbons (Fsp3) is 0.478. The first kappa shape index (κ1) is 24.0. The van der Waals surface area contributed by atoms with E-state index in [1.54, 1.807) is 25.1 Å². The molecule has 8 nitrogen and oxygen atoms in total. The molecule has 3 rings (SSSR count). The molecular weight excluding hydrogens is 424 g/mol. The molecule has 2 N–H and O–H groups in total. The summed E-state index contributed by atoms with van der Waals surface area (Å²) in [4.78, 5) is 22.1. The molecule has 9 heteroatoms. The summed E-state index contributed by atoms with van der Waals surface area (Å²) in [6, 6.07) is 9.89. The van der Waals surface area contributed by atoms with Gasteiger partial charge >= 0.3 is 0 Å². The number of carbonyl (C=O) groups excluding carboxylic acids is 1. The number of carbonyl (C=O) groups is 1. The number of thioether (sulfide) groups is 1. The molecule has 1 atom stereocenters. The van der Waals surface area contributed by atoms with Crippen LogP contribution in [0, 0.1) is 0 Å². The van der Waals surface area contributed by atoms with Crippen LogP contribution in [0.2, 0.25) is 0 Å². The zero-order chi connectivity index (χ0) is 22.9. The van der Waals surface area contributed by atoms with Gasteiger partial charge in [-0.15, -0.1) is 0 Å². The van der Waals surface area contributed by atoms with Crippen LogP contribution >= 0.6 is 11.8 Å². The van der Waals surface area contributed by atoms with Gasteiger partial charge in [-0.2, -0.15) is 5.10 Å². The van der Waals surface area contributed by atoms with E-state index in [9.17, 15) is 4.79 Å². The molecule has 0 aliphatic carbocycles. The molecule has 2 heterocycles. The van der Waals surface area contributed by atoms with Crippen molar-refractivity contribution in [1.29, 1.82) is 0 Å². The van der Waals surface area contributed by atoms with E-state index in [1.807, 2.05) is 41.9 Å². The number of aromatic nitrogens is 4. The third-order valence-electron chi connectivity index (χ3n) is 4.96. The molecule has 0 aliphatic heterocycles. The summed E-state index contributed by atoms with van der Waals surface area (Å²) in [5, 5.41) is 12.8. The number of hydrogen-bond acceptors (Lipinski definition) is 7. The number of nitrogens with one attached hydrogen (secondary N) is 2. The van der Waals surface area contributed by atoms with E-state index in [4.69, 9.17) is 9.72 Å². The van der Waals surface area contributed by atoms with Crippen molar-refractivity contribution in [3.8, 4) is 0 Å². The van der Waals surface area contributed by atoms with Crippen LogP contribution in [0.5, 0.6) is 0 Å². The lowest BCUT2D eigenvalue weighted by molar-refractivity contribution is -0.122. The lowest BCUT2D eigenvalue weighted by Gasteiger charge is -2.15. The van der Waals surface area contributed by atoms with Gasteiger partial charge in [0.05, 0.1) is 30.7 Å². The largest absolute Gasteiger partial charge is 0.383 e. The Morgan fingerprint density at radius 2 is 1.97 bits per heavy atom. The topological polar surface area (TPSA) is 94.0 Å². The SMILES string of the molecule is CCC(C(=O)NCCn1ncc2c(NCCOC)nc(SC(C)C)nc21)c1ccccc1. The van der Waals surface area contributed by atoms with Gasteiger partial charge < -0.3 is 15.4 Å². The summed E-state index contributed by atoms with van der Waals surface area (Å²) in [6.45, 7) is 8.48. The van der Waals surface area contributed by atoms with Crippen molar-refractivity contribution in [3.05, 3.63) is 42.1 Å². The highest BCUT2D eigenvalue weighted by Crippen LogP contribution is 2.26. The van der Waals surface area contributed by atoms with Crippen molar-refractivity contribution in [3.63, 3.8) is 0 Å². The van der Waals surface area contributed by atoms with Crippen LogP contribution in [0.4, 0.5) is 5.82 Å². The fourth-order valence-corrected chi connectivity index (χ4v) is 4.14. The Morgan fingerprint density at radius 1 is 1.19 bits per heavy atom. The van der Waals surface area contributed by atoms with Crippen LogP contribution in [0.25, 0.3) is 11.0 Å². The normalized spacial score (nSPS) is 12.3. The Balaban J connectivity index is 1.72. The van der Waals surface area contributed by atoms with Crippen molar-refractivity contribution in [2.24, 2.45) is 0 Å². The van der Waals surface area contributed by atoms with Crippen molar-refractivity contribution >= 4 is 34.5 Å². The maximum Gasteiger partial charge on any atom is 0.227 e. The number of nitrogens with zero attached hydrogens (tertiary/aromatic N) is 4. The van der Waals surface area contributed by atoms with Crippen LogP contribution in [0.1, 0.15) is 38.7 Å². The quantitative estimate of drug-likeness (QED) is 0.244. The Hall–Kier alpha value is -2.65. The van der Waals surface area contributed by atoms with Crippen molar-refractivity contribution in [2.75, 3.05) is 32.1 Å². The lowest BCUT2D eigenvalue weighted by Crippen LogP contribution is -2.32. The van der Waals surface area contributed by atoms with Gasteiger partial charge in [0.25, 0.3) is 0 Å². The summed E-state index contributed by atoms with van der Waals surface area (Å²) >= 11 is 1.61. The predicted molar refractivity (Wildman–Crippen MR) is 129 cm³/mol. The van der Waals surface area contributed by atoms with Gasteiger partial charge in [0.1, 0.15) is 5.82 Å². The summed E-state index contributed by atoms with van der Waals surface area (Å²) < 4.78 is 6.97. The third kappa shape index (κ3) is 6.20. The molecule has 0 saturated heterocycles. The minimum atomic E-state index is -0.154. The van der Waals surface area contributed by atoms with Crippen LogP contribution in [-0.2, 0) is 16.1 Å². The second kappa shape index (κ2) is 11.8. The smallest absolute Gasteiger partial charge is 0.227 e. The molecule has 0 bridgehead atoms. The van der Waals surface area contributed by atoms with Gasteiger partial charge in [-0.1, -0.05) is 62.9 Å². The van der Waals surface area contributed by atoms with Gasteiger partial charge in [0.2, 0.25) is 5.91 Å². The van der Waals surface area contributed by atoms with Crippen LogP contribution < -0.4 is 10.6 Å². The summed E-state index contributed by atoms with van der Waals surface area (Å²) in [6.07, 6.45) is 2.52. The third-order valence-corrected chi connectivity index (χ3v) is 5.83. The number of hydrogen-bond donors (Lipinski definition) is 2. The maximum absolute atomic E-state index is 12.8. The first-order valence-electron chi connectivity index (χ1n) is 11.0. The molecule has 172 valence electrons. The Morgan fingerprint density at radius 3 is 2.66 bits per heavy atom. The highest BCUT2D eigenvalue weighted by molar-refractivity contribution is 7.99. The average molecular weight is 457 g/mol. The number of anilines is 1. The van der Waals surface area contributed by atoms with E-state index in [2.05, 4.69) is 34.6 Å². The molecule has 0 spiro atoms. The zero-order valence-corrected chi connectivity index (χ0v) is 20.0. The minimum Gasteiger partial charge on any atom is -0.383 e. The van der Waals surface area contributed by atoms with Gasteiger partial charge in [-0.05, 0) is 12.0 Å². The first-order valence-corrected chi connectivity index (χ1v) is 11.9. The zero-order valence-electron chi connectivity index (χ0n) is 19.2. The number of methoxy groups -OCH3 is 1. The minimum absolute atomic E-state index is 0.0303. The predicted octanol–water partition coefficient (Wildman–Crippen LogP) is 3.70. The fourth-order valence-electron chi connectivity index (χ4n) is 3.43. The van der Waals surface area contributed by atoms with Gasteiger partial charge in [-0.25, -0.2) is 14.6 Å². The standard InChI is InChI=1S/C23H32N6O2S/c1-5-18(17-9-7-6-8-10-17)22(30)25-11-13-29-21-19(15-26-29)20(24-12-14-31-4)27-23(28-21)32-16(2)3/h6-10,15-16,18H,5,11-14H2,1-4H3,(H,25,30)(H,24,27,28). The molecule has 0 fully saturated rings. The van der Waals surface area contributed by atoms with Crippen molar-refractivity contribution in [1.82, 2.24) is 25.1 Å². The van der Waals surface area contributed by atoms with Gasteiger partial charge in [-0.3, -0.25) is 4.79 Å². The van der Waals surface area contributed by atoms with E-state index in [0.717, 1.165) is 28.8 Å². The number of benzene rings is 1. The molecule has 1 aromatic carbocycles. The monoisotopic (exact) mass is 456 g/mol. The molecule has 32 heavy (non-hydrogen) atoms. The summed E-state index contributed by atoms with van der Waals surface area (Å²) in [7, 11) is 1.67. The average Bonchev–Trinajstić information content (AvgIpc) is 3.18. The highest BCUT2D eigenvalue weighted by atomic mass is 32.2. The molecule has 1 unspecified atom stereocenters. The molecule has 0 aliphatic rings. The van der Waals surface area contributed by atoms with Crippen LogP contribution in [-0.4, -0.2) is 57.7 Å². The summed E-state index contributed by atoms with van der Waals surface area (Å²) in [5.41, 5.74) is 1.79.